The van der Waals surface area contributed by atoms with Gasteiger partial charge in [0.1, 0.15) is 5.82 Å². The first-order valence-electron chi connectivity index (χ1n) is 2.76. The lowest BCUT2D eigenvalue weighted by atomic mass is 10.3. The Morgan fingerprint density at radius 1 is 1.08 bits per heavy atom. The van der Waals surface area contributed by atoms with Crippen molar-refractivity contribution in [1.29, 1.82) is 0 Å². The second-order valence-electron chi connectivity index (χ2n) is 1.65. The molecule has 0 N–H and O–H groups in total. The molecule has 0 fully saturated rings. The van der Waals surface area contributed by atoms with Crippen LogP contribution in [0.4, 0.5) is 17.6 Å². The van der Waals surface area contributed by atoms with E-state index in [0.717, 1.165) is 12.1 Å². The Bertz CT molecular complexity index is 262. The predicted octanol–water partition coefficient (Wildman–Crippen LogP) is 2.25. The molecule has 0 saturated heterocycles. The van der Waals surface area contributed by atoms with Gasteiger partial charge >= 0.3 is 0 Å². The average molecular weight is 180 g/mol. The van der Waals surface area contributed by atoms with Crippen LogP contribution in [0.15, 0.2) is 18.2 Å². The molecule has 0 unspecified atom stereocenters. The standard InChI is InChI=1S/C6H3F3.CHFO/c7-4-1-2-5(8)6(9)3-4;2-1-3/h1-3H;1H. The van der Waals surface area contributed by atoms with Gasteiger partial charge in [0.05, 0.1) is 0 Å². The SMILES string of the molecule is Fc1ccc(F)c(F)c1.O=CF. The maximum absolute atomic E-state index is 12.0. The van der Waals surface area contributed by atoms with Crippen LogP contribution in [0, 0.1) is 17.5 Å². The highest BCUT2D eigenvalue weighted by atomic mass is 19.2. The van der Waals surface area contributed by atoms with E-state index >= 15 is 0 Å². The van der Waals surface area contributed by atoms with Crippen molar-refractivity contribution in [2.24, 2.45) is 0 Å². The Hall–Kier alpha value is -1.39. The molecule has 0 amide bonds. The van der Waals surface area contributed by atoms with E-state index in [1.165, 1.54) is 0 Å². The van der Waals surface area contributed by atoms with Crippen LogP contribution in [-0.2, 0) is 4.79 Å². The number of hydrogen-bond acceptors (Lipinski definition) is 1. The molecule has 0 radical (unpaired) electrons. The second-order valence-corrected chi connectivity index (χ2v) is 1.65. The molecule has 1 rings (SSSR count). The normalized spacial score (nSPS) is 8.33. The molecule has 0 bridgehead atoms. The molecular formula is C7H4F4O. The van der Waals surface area contributed by atoms with Crippen molar-refractivity contribution < 1.29 is 22.4 Å². The van der Waals surface area contributed by atoms with Gasteiger partial charge in [-0.25, -0.2) is 13.2 Å². The fourth-order valence-electron chi connectivity index (χ4n) is 0.470. The first-order chi connectivity index (χ1) is 5.61. The first kappa shape index (κ1) is 10.6. The zero-order chi connectivity index (χ0) is 9.56. The summed E-state index contributed by atoms with van der Waals surface area (Å²) in [5.41, 5.74) is 0. The number of carbonyl (C=O) groups is 1. The number of halogens is 4. The summed E-state index contributed by atoms with van der Waals surface area (Å²) in [5, 5.41) is 0. The van der Waals surface area contributed by atoms with Crippen molar-refractivity contribution >= 4 is 6.54 Å². The van der Waals surface area contributed by atoms with E-state index in [9.17, 15) is 17.6 Å². The van der Waals surface area contributed by atoms with E-state index in [-0.39, 0.29) is 0 Å². The highest BCUT2D eigenvalue weighted by Gasteiger charge is 1.99. The monoisotopic (exact) mass is 180 g/mol. The lowest BCUT2D eigenvalue weighted by molar-refractivity contribution is 0.495. The Kier molecular flexibility index (Phi) is 4.67. The molecule has 0 spiro atoms. The minimum absolute atomic E-state index is 0.495. The molecule has 0 aromatic heterocycles. The van der Waals surface area contributed by atoms with Crippen molar-refractivity contribution in [3.05, 3.63) is 35.7 Å². The summed E-state index contributed by atoms with van der Waals surface area (Å²) in [5.74, 6) is -2.96. The first-order valence-corrected chi connectivity index (χ1v) is 2.76. The van der Waals surface area contributed by atoms with E-state index in [4.69, 9.17) is 4.79 Å². The molecule has 0 saturated carbocycles. The van der Waals surface area contributed by atoms with Gasteiger partial charge in [-0.05, 0) is 12.1 Å². The molecule has 66 valence electrons. The van der Waals surface area contributed by atoms with E-state index in [0.29, 0.717) is 6.07 Å². The van der Waals surface area contributed by atoms with E-state index in [1.807, 2.05) is 0 Å². The minimum atomic E-state index is -1.16. The molecule has 1 aromatic rings. The Balaban J connectivity index is 0.000000354. The molecule has 0 atom stereocenters. The van der Waals surface area contributed by atoms with Crippen molar-refractivity contribution in [2.45, 2.75) is 0 Å². The summed E-state index contributed by atoms with van der Waals surface area (Å²) in [7, 11) is 0. The van der Waals surface area contributed by atoms with Gasteiger partial charge in [-0.3, -0.25) is 4.79 Å². The van der Waals surface area contributed by atoms with Gasteiger partial charge in [0, 0.05) is 6.07 Å². The third kappa shape index (κ3) is 3.70. The highest BCUT2D eigenvalue weighted by molar-refractivity contribution is 5.35. The van der Waals surface area contributed by atoms with Gasteiger partial charge in [-0.2, -0.15) is 4.39 Å². The van der Waals surface area contributed by atoms with Crippen LogP contribution in [0.25, 0.3) is 0 Å². The van der Waals surface area contributed by atoms with Gasteiger partial charge in [-0.1, -0.05) is 0 Å². The van der Waals surface area contributed by atoms with Crippen LogP contribution in [0.1, 0.15) is 0 Å². The fourth-order valence-corrected chi connectivity index (χ4v) is 0.470. The van der Waals surface area contributed by atoms with E-state index < -0.39 is 24.0 Å². The summed E-state index contributed by atoms with van der Waals surface area (Å²) in [6.07, 6.45) is 0. The van der Waals surface area contributed by atoms with Gasteiger partial charge in [0.2, 0.25) is 0 Å². The van der Waals surface area contributed by atoms with Crippen molar-refractivity contribution in [1.82, 2.24) is 0 Å². The molecule has 12 heavy (non-hydrogen) atoms. The molecule has 5 heteroatoms. The van der Waals surface area contributed by atoms with Crippen LogP contribution in [0.3, 0.4) is 0 Å². The van der Waals surface area contributed by atoms with Gasteiger partial charge in [0.25, 0.3) is 6.54 Å². The number of carbonyl (C=O) groups excluding carboxylic acids is 1. The summed E-state index contributed by atoms with van der Waals surface area (Å²) < 4.78 is 45.5. The molecule has 1 aromatic carbocycles. The summed E-state index contributed by atoms with van der Waals surface area (Å²) >= 11 is 0. The van der Waals surface area contributed by atoms with Crippen molar-refractivity contribution in [3.63, 3.8) is 0 Å². The zero-order valence-corrected chi connectivity index (χ0v) is 5.73. The third-order valence-corrected chi connectivity index (χ3v) is 0.882. The van der Waals surface area contributed by atoms with Crippen LogP contribution in [0.2, 0.25) is 0 Å². The third-order valence-electron chi connectivity index (χ3n) is 0.882. The average Bonchev–Trinajstić information content (AvgIpc) is 1.99. The van der Waals surface area contributed by atoms with Crippen LogP contribution >= 0.6 is 0 Å². The lowest BCUT2D eigenvalue weighted by Crippen LogP contribution is -1.83. The lowest BCUT2D eigenvalue weighted by Gasteiger charge is -1.88. The zero-order valence-electron chi connectivity index (χ0n) is 5.73. The Morgan fingerprint density at radius 3 is 1.92 bits per heavy atom. The van der Waals surface area contributed by atoms with Crippen molar-refractivity contribution in [2.75, 3.05) is 0 Å². The van der Waals surface area contributed by atoms with E-state index in [1.54, 1.807) is 0 Å². The fraction of sp³-hybridized carbons (Fsp3) is 0. The Labute approximate surface area is 65.6 Å². The van der Waals surface area contributed by atoms with Crippen LogP contribution in [0.5, 0.6) is 0 Å². The largest absolute Gasteiger partial charge is 0.289 e. The number of rotatable bonds is 0. The van der Waals surface area contributed by atoms with Crippen LogP contribution in [-0.4, -0.2) is 6.54 Å². The van der Waals surface area contributed by atoms with Crippen LogP contribution < -0.4 is 0 Å². The molecule has 0 aliphatic rings. The molecule has 0 aliphatic carbocycles. The number of benzene rings is 1. The second kappa shape index (κ2) is 5.29. The van der Waals surface area contributed by atoms with Crippen molar-refractivity contribution in [3.8, 4) is 0 Å². The predicted molar refractivity (Wildman–Crippen MR) is 34.2 cm³/mol. The molecular weight excluding hydrogens is 176 g/mol. The summed E-state index contributed by atoms with van der Waals surface area (Å²) in [4.78, 5) is 8.14. The summed E-state index contributed by atoms with van der Waals surface area (Å²) in [6.45, 7) is -0.750. The topological polar surface area (TPSA) is 17.1 Å². The summed E-state index contributed by atoms with van der Waals surface area (Å²) in [6, 6.07) is 2.10. The molecule has 0 aliphatic heterocycles. The maximum atomic E-state index is 12.0. The molecule has 1 nitrogen and oxygen atoms in total. The minimum Gasteiger partial charge on any atom is -0.265 e. The smallest absolute Gasteiger partial charge is 0.265 e. The van der Waals surface area contributed by atoms with Gasteiger partial charge in [-0.15, -0.1) is 0 Å². The molecule has 0 heterocycles. The quantitative estimate of drug-likeness (QED) is 0.259. The van der Waals surface area contributed by atoms with Gasteiger partial charge in [0.15, 0.2) is 11.6 Å². The van der Waals surface area contributed by atoms with E-state index in [2.05, 4.69) is 0 Å². The highest BCUT2D eigenvalue weighted by Crippen LogP contribution is 2.05. The van der Waals surface area contributed by atoms with Gasteiger partial charge < -0.3 is 0 Å². The Morgan fingerprint density at radius 2 is 1.58 bits per heavy atom. The number of hydrogen-bond donors (Lipinski definition) is 0. The maximum Gasteiger partial charge on any atom is 0.289 e.